The largest absolute Gasteiger partial charge is 0.489 e. The first-order valence-electron chi connectivity index (χ1n) is 11.8. The van der Waals surface area contributed by atoms with Crippen molar-refractivity contribution in [2.24, 2.45) is 0 Å². The molecule has 9 heteroatoms. The van der Waals surface area contributed by atoms with Crippen LogP contribution in [0.15, 0.2) is 18.2 Å². The molecule has 0 N–H and O–H groups in total. The quantitative estimate of drug-likeness (QED) is 0.556. The molecule has 2 aromatic heterocycles. The van der Waals surface area contributed by atoms with Gasteiger partial charge in [0.05, 0.1) is 40.8 Å². The van der Waals surface area contributed by atoms with E-state index >= 15 is 0 Å². The molecule has 3 aromatic rings. The highest BCUT2D eigenvalue weighted by Gasteiger charge is 2.40. The van der Waals surface area contributed by atoms with Crippen LogP contribution in [-0.2, 0) is 13.1 Å². The molecule has 1 aromatic carbocycles. The third kappa shape index (κ3) is 3.38. The van der Waals surface area contributed by atoms with Gasteiger partial charge >= 0.3 is 0 Å². The Labute approximate surface area is 202 Å². The maximum Gasteiger partial charge on any atom is 0.258 e. The minimum absolute atomic E-state index is 0.0121. The summed E-state index contributed by atoms with van der Waals surface area (Å²) in [5.74, 6) is -0.268. The van der Waals surface area contributed by atoms with Crippen LogP contribution in [0.3, 0.4) is 0 Å². The van der Waals surface area contributed by atoms with Crippen LogP contribution in [-0.4, -0.2) is 55.5 Å². The van der Waals surface area contributed by atoms with Crippen molar-refractivity contribution in [1.82, 2.24) is 24.4 Å². The van der Waals surface area contributed by atoms with Gasteiger partial charge in [-0.15, -0.1) is 0 Å². The normalized spacial score (nSPS) is 24.1. The number of fused-ring (bicyclic) bond motifs is 5. The molecule has 34 heavy (non-hydrogen) atoms. The molecule has 2 unspecified atom stereocenters. The third-order valence-electron chi connectivity index (χ3n) is 7.77. The summed E-state index contributed by atoms with van der Waals surface area (Å²) in [7, 11) is 2.17. The minimum Gasteiger partial charge on any atom is -0.489 e. The number of benzene rings is 1. The van der Waals surface area contributed by atoms with Crippen molar-refractivity contribution in [2.75, 3.05) is 7.05 Å². The van der Waals surface area contributed by atoms with E-state index in [9.17, 15) is 9.18 Å². The van der Waals surface area contributed by atoms with E-state index in [0.29, 0.717) is 41.5 Å². The van der Waals surface area contributed by atoms with E-state index in [1.54, 1.807) is 9.42 Å². The molecule has 3 atom stereocenters. The molecule has 2 fully saturated rings. The Hall–Kier alpha value is -2.71. The predicted octanol–water partition coefficient (Wildman–Crippen LogP) is 4.30. The van der Waals surface area contributed by atoms with Crippen molar-refractivity contribution in [2.45, 2.75) is 70.8 Å². The van der Waals surface area contributed by atoms with E-state index in [4.69, 9.17) is 16.3 Å². The van der Waals surface area contributed by atoms with Gasteiger partial charge in [0.2, 0.25) is 0 Å². The van der Waals surface area contributed by atoms with E-state index in [1.807, 2.05) is 13.8 Å². The lowest BCUT2D eigenvalue weighted by Gasteiger charge is -2.36. The second-order valence-corrected chi connectivity index (χ2v) is 10.2. The number of hydrogen-bond acceptors (Lipinski definition) is 5. The number of rotatable bonds is 3. The zero-order chi connectivity index (χ0) is 23.7. The van der Waals surface area contributed by atoms with Crippen LogP contribution >= 0.6 is 11.6 Å². The minimum atomic E-state index is -0.406. The van der Waals surface area contributed by atoms with Crippen molar-refractivity contribution in [3.63, 3.8) is 0 Å². The fourth-order valence-corrected chi connectivity index (χ4v) is 5.96. The second-order valence-electron chi connectivity index (χ2n) is 9.82. The summed E-state index contributed by atoms with van der Waals surface area (Å²) in [6.07, 6.45) is 4.12. The van der Waals surface area contributed by atoms with E-state index in [1.165, 1.54) is 31.0 Å². The zero-order valence-electron chi connectivity index (χ0n) is 19.5. The molecule has 0 saturated carbocycles. The molecular weight excluding hydrogens is 457 g/mol. The van der Waals surface area contributed by atoms with Crippen molar-refractivity contribution in [1.29, 1.82) is 0 Å². The number of ether oxygens (including phenoxy) is 1. The average Bonchev–Trinajstić information content (AvgIpc) is 3.41. The smallest absolute Gasteiger partial charge is 0.258 e. The highest BCUT2D eigenvalue weighted by Crippen LogP contribution is 2.37. The van der Waals surface area contributed by atoms with Crippen LogP contribution in [0.4, 0.5) is 4.39 Å². The molecule has 7 nitrogen and oxygen atoms in total. The first kappa shape index (κ1) is 21.8. The fraction of sp³-hybridized carbons (Fsp3) is 0.480. The van der Waals surface area contributed by atoms with Crippen LogP contribution in [0, 0.1) is 19.7 Å². The summed E-state index contributed by atoms with van der Waals surface area (Å²) in [5, 5.41) is 5.26. The molecular formula is C25H27ClFN5O2. The van der Waals surface area contributed by atoms with Gasteiger partial charge < -0.3 is 14.5 Å². The first-order chi connectivity index (χ1) is 16.3. The molecule has 1 amide bonds. The third-order valence-corrected chi connectivity index (χ3v) is 8.31. The van der Waals surface area contributed by atoms with Gasteiger partial charge in [0.25, 0.3) is 5.91 Å². The Bertz CT molecular complexity index is 1310. The standard InChI is InChI=1S/C25H27ClFN5O2/c1-13-23(26)14(2)32-24(28-13)20-11-31(12-21(20)29-32)25(33)19-7-4-15(27)8-22(19)34-18-9-16-5-6-17(10-18)30(16)3/h4,7-8,16-18H,5-6,9-12H2,1-3H3/t16-,17?,18?/m0/s1. The lowest BCUT2D eigenvalue weighted by molar-refractivity contribution is 0.0622. The number of amides is 1. The topological polar surface area (TPSA) is 63.0 Å². The molecule has 0 aliphatic carbocycles. The summed E-state index contributed by atoms with van der Waals surface area (Å²) < 4.78 is 22.2. The summed E-state index contributed by atoms with van der Waals surface area (Å²) in [4.78, 5) is 22.3. The van der Waals surface area contributed by atoms with E-state index in [2.05, 4.69) is 22.0 Å². The van der Waals surface area contributed by atoms with Gasteiger partial charge in [-0.25, -0.2) is 13.9 Å². The van der Waals surface area contributed by atoms with Gasteiger partial charge in [-0.3, -0.25) is 4.79 Å². The van der Waals surface area contributed by atoms with E-state index in [0.717, 1.165) is 41.1 Å². The Morgan fingerprint density at radius 3 is 2.65 bits per heavy atom. The summed E-state index contributed by atoms with van der Waals surface area (Å²) in [6, 6.07) is 5.19. The number of halogens is 2. The number of nitrogens with zero attached hydrogens (tertiary/aromatic N) is 5. The van der Waals surface area contributed by atoms with Crippen LogP contribution in [0.2, 0.25) is 5.02 Å². The molecule has 178 valence electrons. The zero-order valence-corrected chi connectivity index (χ0v) is 20.3. The first-order valence-corrected chi connectivity index (χ1v) is 12.2. The molecule has 0 radical (unpaired) electrons. The summed E-state index contributed by atoms with van der Waals surface area (Å²) in [6.45, 7) is 4.53. The second kappa shape index (κ2) is 7.92. The lowest BCUT2D eigenvalue weighted by atomic mass is 10.0. The van der Waals surface area contributed by atoms with E-state index < -0.39 is 5.82 Å². The molecule has 2 saturated heterocycles. The van der Waals surface area contributed by atoms with Crippen molar-refractivity contribution in [3.05, 3.63) is 57.2 Å². The fourth-order valence-electron chi connectivity index (χ4n) is 5.83. The predicted molar refractivity (Wildman–Crippen MR) is 126 cm³/mol. The Kier molecular flexibility index (Phi) is 5.08. The Morgan fingerprint density at radius 1 is 1.18 bits per heavy atom. The van der Waals surface area contributed by atoms with Crippen LogP contribution < -0.4 is 4.74 Å². The SMILES string of the molecule is Cc1nc2c3c(nn2c(C)c1Cl)CN(C(=O)c1ccc(F)cc1OC1CC2CC[C@@H](C1)N2C)C3. The van der Waals surface area contributed by atoms with Crippen molar-refractivity contribution in [3.8, 4) is 5.75 Å². The molecule has 0 spiro atoms. The van der Waals surface area contributed by atoms with Gasteiger partial charge in [-0.1, -0.05) is 11.6 Å². The Balaban J connectivity index is 1.26. The number of piperidine rings is 1. The van der Waals surface area contributed by atoms with Gasteiger partial charge in [0.15, 0.2) is 5.65 Å². The molecule has 3 aliphatic heterocycles. The van der Waals surface area contributed by atoms with Crippen LogP contribution in [0.1, 0.15) is 58.7 Å². The van der Waals surface area contributed by atoms with Gasteiger partial charge in [-0.2, -0.15) is 5.10 Å². The number of carbonyl (C=O) groups excluding carboxylic acids is 1. The van der Waals surface area contributed by atoms with Gasteiger partial charge in [0.1, 0.15) is 17.7 Å². The monoisotopic (exact) mass is 483 g/mol. The average molecular weight is 484 g/mol. The van der Waals surface area contributed by atoms with Crippen molar-refractivity contribution < 1.29 is 13.9 Å². The number of aromatic nitrogens is 3. The number of hydrogen-bond donors (Lipinski definition) is 0. The number of carbonyl (C=O) groups is 1. The maximum absolute atomic E-state index is 14.2. The van der Waals surface area contributed by atoms with Gasteiger partial charge in [0, 0.05) is 23.7 Å². The van der Waals surface area contributed by atoms with E-state index in [-0.39, 0.29) is 12.0 Å². The summed E-state index contributed by atoms with van der Waals surface area (Å²) in [5.41, 5.74) is 4.41. The molecule has 6 rings (SSSR count). The van der Waals surface area contributed by atoms with Crippen molar-refractivity contribution >= 4 is 23.2 Å². The Morgan fingerprint density at radius 2 is 1.91 bits per heavy atom. The summed E-state index contributed by atoms with van der Waals surface area (Å²) >= 11 is 6.34. The highest BCUT2D eigenvalue weighted by atomic mass is 35.5. The highest BCUT2D eigenvalue weighted by molar-refractivity contribution is 6.31. The number of aryl methyl sites for hydroxylation is 2. The van der Waals surface area contributed by atoms with Crippen LogP contribution in [0.25, 0.3) is 5.65 Å². The lowest BCUT2D eigenvalue weighted by Crippen LogP contribution is -2.44. The molecule has 3 aliphatic rings. The molecule has 5 heterocycles. The van der Waals surface area contributed by atoms with Crippen LogP contribution in [0.5, 0.6) is 5.75 Å². The molecule has 2 bridgehead atoms. The maximum atomic E-state index is 14.2. The van der Waals surface area contributed by atoms with Gasteiger partial charge in [-0.05, 0) is 58.7 Å².